The van der Waals surface area contributed by atoms with Crippen LogP contribution in [0.4, 0.5) is 34.1 Å². The molecule has 0 aliphatic rings. The van der Waals surface area contributed by atoms with Gasteiger partial charge < -0.3 is 9.80 Å². The van der Waals surface area contributed by atoms with Crippen LogP contribution in [0.3, 0.4) is 0 Å². The van der Waals surface area contributed by atoms with E-state index in [1.807, 2.05) is 22.7 Å². The molecule has 60 heavy (non-hydrogen) atoms. The Morgan fingerprint density at radius 3 is 1.28 bits per heavy atom. The molecular weight excluding hydrogens is 765 g/mol. The monoisotopic (exact) mass is 800 g/mol. The molecule has 10 aromatic carbocycles. The fourth-order valence-electron chi connectivity index (χ4n) is 9.14. The molecule has 2 aromatic heterocycles. The highest BCUT2D eigenvalue weighted by molar-refractivity contribution is 7.27. The Morgan fingerprint density at radius 2 is 0.717 bits per heavy atom. The Kier molecular flexibility index (Phi) is 8.25. The van der Waals surface area contributed by atoms with Gasteiger partial charge in [-0.1, -0.05) is 152 Å². The molecule has 2 nitrogen and oxygen atoms in total. The molecule has 282 valence electrons. The first kappa shape index (κ1) is 34.8. The predicted octanol–water partition coefficient (Wildman–Crippen LogP) is 17.3. The lowest BCUT2D eigenvalue weighted by Crippen LogP contribution is -2.12. The summed E-state index contributed by atoms with van der Waals surface area (Å²) in [6.07, 6.45) is 0. The molecule has 12 aromatic rings. The third-order valence-electron chi connectivity index (χ3n) is 11.8. The fourth-order valence-corrected chi connectivity index (χ4v) is 11.6. The molecule has 0 spiro atoms. The highest BCUT2D eigenvalue weighted by Gasteiger charge is 2.24. The van der Waals surface area contributed by atoms with Crippen LogP contribution in [-0.2, 0) is 0 Å². The van der Waals surface area contributed by atoms with Crippen LogP contribution in [0.15, 0.2) is 218 Å². The first-order valence-corrected chi connectivity index (χ1v) is 22.0. The third-order valence-corrected chi connectivity index (χ3v) is 14.2. The number of fused-ring (bicyclic) bond motifs is 10. The average Bonchev–Trinajstić information content (AvgIpc) is 3.91. The number of para-hydroxylation sites is 3. The van der Waals surface area contributed by atoms with Crippen molar-refractivity contribution in [3.8, 4) is 11.1 Å². The molecule has 0 atom stereocenters. The molecule has 2 heterocycles. The minimum absolute atomic E-state index is 1.11. The summed E-state index contributed by atoms with van der Waals surface area (Å²) >= 11 is 3.76. The maximum Gasteiger partial charge on any atom is 0.0647 e. The van der Waals surface area contributed by atoms with E-state index in [4.69, 9.17) is 0 Å². The van der Waals surface area contributed by atoms with Gasteiger partial charge in [-0.25, -0.2) is 0 Å². The quantitative estimate of drug-likeness (QED) is 0.158. The lowest BCUT2D eigenvalue weighted by molar-refractivity contribution is 1.29. The zero-order valence-electron chi connectivity index (χ0n) is 32.5. The van der Waals surface area contributed by atoms with Crippen molar-refractivity contribution < 1.29 is 0 Å². The minimum atomic E-state index is 1.11. The predicted molar refractivity (Wildman–Crippen MR) is 262 cm³/mol. The third kappa shape index (κ3) is 5.60. The molecule has 0 saturated heterocycles. The van der Waals surface area contributed by atoms with Crippen molar-refractivity contribution in [3.05, 3.63) is 218 Å². The van der Waals surface area contributed by atoms with Gasteiger partial charge in [0, 0.05) is 53.6 Å². The first-order valence-electron chi connectivity index (χ1n) is 20.3. The molecule has 0 aliphatic carbocycles. The SMILES string of the molecule is c1ccc(N(c2ccc(-c3ccccc3N(c3ccccc3)c3cc4ccccc4c4c3sc3ccccc34)cc2)c2cc3ccccc3c3c2sc2ccccc23)cc1. The lowest BCUT2D eigenvalue weighted by Gasteiger charge is -2.29. The molecule has 0 unspecified atom stereocenters. The van der Waals surface area contributed by atoms with E-state index in [1.54, 1.807) is 0 Å². The standard InChI is InChI=1S/C56H36N2S2/c1-3-19-40(20-4-1)57(49-35-38-17-7-9-24-44(38)53-46-26-12-15-29-51(46)59-55(49)53)42-33-31-37(32-34-42)43-23-11-14-28-48(43)58(41-21-5-2-6-22-41)50-36-39-18-8-10-25-45(39)54-47-27-13-16-30-52(47)60-56(50)54/h1-36H. The van der Waals surface area contributed by atoms with Gasteiger partial charge in [0.25, 0.3) is 0 Å². The molecule has 0 fully saturated rings. The molecular formula is C56H36N2S2. The number of anilines is 6. The summed E-state index contributed by atoms with van der Waals surface area (Å²) < 4.78 is 5.16. The smallest absolute Gasteiger partial charge is 0.0647 e. The van der Waals surface area contributed by atoms with Gasteiger partial charge in [0.05, 0.1) is 26.5 Å². The summed E-state index contributed by atoms with van der Waals surface area (Å²) in [5.41, 5.74) is 9.17. The summed E-state index contributed by atoms with van der Waals surface area (Å²) in [7, 11) is 0. The minimum Gasteiger partial charge on any atom is -0.309 e. The molecule has 0 aliphatic heterocycles. The normalized spacial score (nSPS) is 11.7. The van der Waals surface area contributed by atoms with Gasteiger partial charge in [0.15, 0.2) is 0 Å². The number of rotatable bonds is 7. The van der Waals surface area contributed by atoms with Crippen molar-refractivity contribution in [1.82, 2.24) is 0 Å². The molecule has 0 radical (unpaired) electrons. The molecule has 0 bridgehead atoms. The summed E-state index contributed by atoms with van der Waals surface area (Å²) in [6, 6.07) is 79.7. The second-order valence-corrected chi connectivity index (χ2v) is 17.3. The molecule has 0 N–H and O–H groups in total. The van der Waals surface area contributed by atoms with Crippen LogP contribution in [0.2, 0.25) is 0 Å². The highest BCUT2D eigenvalue weighted by atomic mass is 32.1. The summed E-state index contributed by atoms with van der Waals surface area (Å²) in [6.45, 7) is 0. The van der Waals surface area contributed by atoms with E-state index in [1.165, 1.54) is 78.8 Å². The topological polar surface area (TPSA) is 6.48 Å². The van der Waals surface area contributed by atoms with Crippen molar-refractivity contribution in [2.75, 3.05) is 9.80 Å². The van der Waals surface area contributed by atoms with Crippen LogP contribution in [0.1, 0.15) is 0 Å². The first-order chi connectivity index (χ1) is 29.8. The van der Waals surface area contributed by atoms with Crippen LogP contribution in [0.25, 0.3) is 73.0 Å². The largest absolute Gasteiger partial charge is 0.309 e. The van der Waals surface area contributed by atoms with Crippen LogP contribution < -0.4 is 9.80 Å². The maximum atomic E-state index is 2.47. The Hall–Kier alpha value is -7.24. The number of hydrogen-bond acceptors (Lipinski definition) is 4. The second-order valence-electron chi connectivity index (χ2n) is 15.2. The van der Waals surface area contributed by atoms with E-state index in [-0.39, 0.29) is 0 Å². The Bertz CT molecular complexity index is 3550. The summed E-state index contributed by atoms with van der Waals surface area (Å²) in [5.74, 6) is 0. The van der Waals surface area contributed by atoms with Crippen molar-refractivity contribution >= 4 is 119 Å². The summed E-state index contributed by atoms with van der Waals surface area (Å²) in [4.78, 5) is 4.90. The zero-order valence-corrected chi connectivity index (χ0v) is 34.1. The van der Waals surface area contributed by atoms with Crippen molar-refractivity contribution in [1.29, 1.82) is 0 Å². The van der Waals surface area contributed by atoms with Gasteiger partial charge in [0.2, 0.25) is 0 Å². The van der Waals surface area contributed by atoms with Gasteiger partial charge in [-0.05, 0) is 93.8 Å². The van der Waals surface area contributed by atoms with Crippen LogP contribution in [0, 0.1) is 0 Å². The Labute approximate surface area is 356 Å². The highest BCUT2D eigenvalue weighted by Crippen LogP contribution is 2.51. The molecule has 12 rings (SSSR count). The van der Waals surface area contributed by atoms with Crippen molar-refractivity contribution in [2.45, 2.75) is 0 Å². The van der Waals surface area contributed by atoms with E-state index in [2.05, 4.69) is 228 Å². The maximum absolute atomic E-state index is 2.47. The molecule has 0 saturated carbocycles. The van der Waals surface area contributed by atoms with E-state index in [0.29, 0.717) is 0 Å². The number of hydrogen-bond donors (Lipinski definition) is 0. The number of benzene rings is 10. The fraction of sp³-hybridized carbons (Fsp3) is 0. The van der Waals surface area contributed by atoms with Crippen LogP contribution in [0.5, 0.6) is 0 Å². The van der Waals surface area contributed by atoms with Crippen LogP contribution >= 0.6 is 22.7 Å². The second kappa shape index (κ2) is 14.2. The molecule has 0 amide bonds. The molecule has 4 heteroatoms. The van der Waals surface area contributed by atoms with Crippen molar-refractivity contribution in [2.24, 2.45) is 0 Å². The Balaban J connectivity index is 1.05. The number of nitrogens with zero attached hydrogens (tertiary/aromatic N) is 2. The van der Waals surface area contributed by atoms with Crippen LogP contribution in [-0.4, -0.2) is 0 Å². The zero-order chi connectivity index (χ0) is 39.6. The average molecular weight is 801 g/mol. The van der Waals surface area contributed by atoms with Gasteiger partial charge in [-0.3, -0.25) is 0 Å². The lowest BCUT2D eigenvalue weighted by atomic mass is 9.99. The van der Waals surface area contributed by atoms with E-state index < -0.39 is 0 Å². The van der Waals surface area contributed by atoms with Gasteiger partial charge in [0.1, 0.15) is 0 Å². The van der Waals surface area contributed by atoms with E-state index >= 15 is 0 Å². The van der Waals surface area contributed by atoms with Gasteiger partial charge in [-0.15, -0.1) is 22.7 Å². The van der Waals surface area contributed by atoms with E-state index in [0.717, 1.165) is 28.3 Å². The number of thiophene rings is 2. The van der Waals surface area contributed by atoms with E-state index in [9.17, 15) is 0 Å². The van der Waals surface area contributed by atoms with Crippen molar-refractivity contribution in [3.63, 3.8) is 0 Å². The summed E-state index contributed by atoms with van der Waals surface area (Å²) in [5, 5.41) is 10.3. The van der Waals surface area contributed by atoms with Gasteiger partial charge in [-0.2, -0.15) is 0 Å². The Morgan fingerprint density at radius 1 is 0.300 bits per heavy atom. The van der Waals surface area contributed by atoms with Gasteiger partial charge >= 0.3 is 0 Å².